The zero-order valence-electron chi connectivity index (χ0n) is 13.8. The highest BCUT2D eigenvalue weighted by Gasteiger charge is 2.18. The summed E-state index contributed by atoms with van der Waals surface area (Å²) in [7, 11) is 0. The van der Waals surface area contributed by atoms with Crippen LogP contribution in [0.3, 0.4) is 0 Å². The average molecular weight is 355 g/mol. The topological polar surface area (TPSA) is 90.9 Å². The number of benzene rings is 1. The fourth-order valence-electron chi connectivity index (χ4n) is 2.15. The molecule has 0 saturated heterocycles. The lowest BCUT2D eigenvalue weighted by Gasteiger charge is -2.07. The van der Waals surface area contributed by atoms with Crippen molar-refractivity contribution in [3.05, 3.63) is 78.1 Å². The summed E-state index contributed by atoms with van der Waals surface area (Å²) in [5.74, 6) is 0.124. The molecular formula is C19H17NO6. The zero-order chi connectivity index (χ0) is 18.2. The van der Waals surface area contributed by atoms with Gasteiger partial charge in [0.25, 0.3) is 5.91 Å². The fraction of sp³-hybridized carbons (Fsp3) is 0.158. The van der Waals surface area contributed by atoms with Gasteiger partial charge < -0.3 is 23.6 Å². The predicted octanol–water partition coefficient (Wildman–Crippen LogP) is 2.92. The molecule has 0 aliphatic carbocycles. The van der Waals surface area contributed by atoms with Gasteiger partial charge in [0.15, 0.2) is 6.61 Å². The summed E-state index contributed by atoms with van der Waals surface area (Å²) in [6.07, 6.45) is 2.88. The minimum absolute atomic E-state index is 0.0137. The summed E-state index contributed by atoms with van der Waals surface area (Å²) in [5, 5.41) is 2.58. The Kier molecular flexibility index (Phi) is 5.72. The van der Waals surface area contributed by atoms with Crippen LogP contribution in [0.5, 0.6) is 5.75 Å². The molecule has 0 aliphatic heterocycles. The quantitative estimate of drug-likeness (QED) is 0.625. The zero-order valence-corrected chi connectivity index (χ0v) is 13.8. The number of ether oxygens (including phenoxy) is 2. The smallest absolute Gasteiger partial charge is 0.375 e. The molecule has 0 spiro atoms. The molecule has 26 heavy (non-hydrogen) atoms. The van der Waals surface area contributed by atoms with E-state index in [1.165, 1.54) is 12.5 Å². The van der Waals surface area contributed by atoms with Crippen molar-refractivity contribution in [1.29, 1.82) is 0 Å². The maximum absolute atomic E-state index is 12.1. The lowest BCUT2D eigenvalue weighted by atomic mass is 10.2. The van der Waals surface area contributed by atoms with E-state index >= 15 is 0 Å². The van der Waals surface area contributed by atoms with Crippen LogP contribution in [-0.2, 0) is 22.7 Å². The summed E-state index contributed by atoms with van der Waals surface area (Å²) < 4.78 is 20.8. The summed E-state index contributed by atoms with van der Waals surface area (Å²) >= 11 is 0. The fourth-order valence-corrected chi connectivity index (χ4v) is 2.15. The van der Waals surface area contributed by atoms with Gasteiger partial charge in [0.2, 0.25) is 5.76 Å². The number of hydrogen-bond acceptors (Lipinski definition) is 6. The third-order valence-electron chi connectivity index (χ3n) is 3.44. The summed E-state index contributed by atoms with van der Waals surface area (Å²) in [6.45, 7) is -0.0465. The molecule has 0 unspecified atom stereocenters. The SMILES string of the molecule is O=C(COC(=O)c1occc1COc1ccccc1)NCc1ccco1. The molecule has 2 aromatic heterocycles. The van der Waals surface area contributed by atoms with Crippen LogP contribution >= 0.6 is 0 Å². The number of carbonyl (C=O) groups excluding carboxylic acids is 2. The van der Waals surface area contributed by atoms with Crippen LogP contribution in [-0.4, -0.2) is 18.5 Å². The Labute approximate surface area is 149 Å². The molecular weight excluding hydrogens is 338 g/mol. The number of hydrogen-bond donors (Lipinski definition) is 1. The lowest BCUT2D eigenvalue weighted by molar-refractivity contribution is -0.124. The Hall–Kier alpha value is -3.48. The first-order valence-electron chi connectivity index (χ1n) is 7.93. The number of rotatable bonds is 8. The highest BCUT2D eigenvalue weighted by Crippen LogP contribution is 2.16. The van der Waals surface area contributed by atoms with Gasteiger partial charge in [-0.05, 0) is 30.3 Å². The summed E-state index contributed by atoms with van der Waals surface area (Å²) in [4.78, 5) is 23.8. The van der Waals surface area contributed by atoms with Crippen LogP contribution in [0.1, 0.15) is 21.9 Å². The Balaban J connectivity index is 1.47. The first-order chi connectivity index (χ1) is 12.7. The van der Waals surface area contributed by atoms with Gasteiger partial charge in [0.05, 0.1) is 19.1 Å². The second kappa shape index (κ2) is 8.57. The molecule has 0 aliphatic rings. The molecule has 3 rings (SSSR count). The van der Waals surface area contributed by atoms with E-state index < -0.39 is 18.5 Å². The van der Waals surface area contributed by atoms with E-state index in [0.717, 1.165) is 0 Å². The molecule has 7 heteroatoms. The van der Waals surface area contributed by atoms with E-state index in [1.54, 1.807) is 30.3 Å². The molecule has 7 nitrogen and oxygen atoms in total. The Morgan fingerprint density at radius 1 is 0.962 bits per heavy atom. The van der Waals surface area contributed by atoms with Crippen molar-refractivity contribution in [2.75, 3.05) is 6.61 Å². The van der Waals surface area contributed by atoms with Crippen molar-refractivity contribution in [3.8, 4) is 5.75 Å². The normalized spacial score (nSPS) is 10.3. The number of esters is 1. The van der Waals surface area contributed by atoms with Crippen molar-refractivity contribution in [1.82, 2.24) is 5.32 Å². The van der Waals surface area contributed by atoms with Gasteiger partial charge in [-0.15, -0.1) is 0 Å². The molecule has 3 aromatic rings. The monoisotopic (exact) mass is 355 g/mol. The van der Waals surface area contributed by atoms with Crippen LogP contribution < -0.4 is 10.1 Å². The van der Waals surface area contributed by atoms with E-state index in [1.807, 2.05) is 18.2 Å². The van der Waals surface area contributed by atoms with Crippen LogP contribution in [0, 0.1) is 0 Å². The van der Waals surface area contributed by atoms with Gasteiger partial charge in [-0.25, -0.2) is 4.79 Å². The number of amides is 1. The number of nitrogens with one attached hydrogen (secondary N) is 1. The van der Waals surface area contributed by atoms with Crippen molar-refractivity contribution in [2.45, 2.75) is 13.2 Å². The van der Waals surface area contributed by atoms with Crippen molar-refractivity contribution >= 4 is 11.9 Å². The van der Waals surface area contributed by atoms with Gasteiger partial charge >= 0.3 is 5.97 Å². The number of carbonyl (C=O) groups is 2. The molecule has 0 saturated carbocycles. The van der Waals surface area contributed by atoms with Gasteiger partial charge in [-0.3, -0.25) is 4.79 Å². The minimum Gasteiger partial charge on any atom is -0.489 e. The van der Waals surface area contributed by atoms with Crippen molar-refractivity contribution < 1.29 is 27.9 Å². The Bertz CT molecular complexity index is 838. The van der Waals surface area contributed by atoms with Crippen molar-refractivity contribution in [2.24, 2.45) is 0 Å². The van der Waals surface area contributed by atoms with Crippen molar-refractivity contribution in [3.63, 3.8) is 0 Å². The van der Waals surface area contributed by atoms with Crippen LogP contribution in [0.2, 0.25) is 0 Å². The maximum atomic E-state index is 12.1. The first-order valence-corrected chi connectivity index (χ1v) is 7.93. The van der Waals surface area contributed by atoms with Gasteiger partial charge in [-0.2, -0.15) is 0 Å². The molecule has 0 bridgehead atoms. The molecule has 1 N–H and O–H groups in total. The van der Waals surface area contributed by atoms with Gasteiger partial charge in [0.1, 0.15) is 18.1 Å². The second-order valence-electron chi connectivity index (χ2n) is 5.31. The third kappa shape index (κ3) is 4.76. The molecule has 0 radical (unpaired) electrons. The maximum Gasteiger partial charge on any atom is 0.375 e. The minimum atomic E-state index is -0.727. The Morgan fingerprint density at radius 3 is 2.58 bits per heavy atom. The van der Waals surface area contributed by atoms with Crippen LogP contribution in [0.4, 0.5) is 0 Å². The molecule has 0 fully saturated rings. The van der Waals surface area contributed by atoms with Gasteiger partial charge in [0, 0.05) is 5.56 Å². The summed E-state index contributed by atoms with van der Waals surface area (Å²) in [6, 6.07) is 14.3. The summed E-state index contributed by atoms with van der Waals surface area (Å²) in [5.41, 5.74) is 0.537. The molecule has 1 aromatic carbocycles. The highest BCUT2D eigenvalue weighted by molar-refractivity contribution is 5.90. The molecule has 1 amide bonds. The van der Waals surface area contributed by atoms with E-state index in [0.29, 0.717) is 17.1 Å². The molecule has 134 valence electrons. The van der Waals surface area contributed by atoms with Crippen LogP contribution in [0.15, 0.2) is 69.9 Å². The first kappa shape index (κ1) is 17.3. The van der Waals surface area contributed by atoms with E-state index in [4.69, 9.17) is 18.3 Å². The van der Waals surface area contributed by atoms with Gasteiger partial charge in [-0.1, -0.05) is 18.2 Å². The predicted molar refractivity (Wildman–Crippen MR) is 90.3 cm³/mol. The number of furan rings is 2. The second-order valence-corrected chi connectivity index (χ2v) is 5.31. The third-order valence-corrected chi connectivity index (χ3v) is 3.44. The van der Waals surface area contributed by atoms with E-state index in [2.05, 4.69) is 5.32 Å². The average Bonchev–Trinajstić information content (AvgIpc) is 3.35. The van der Waals surface area contributed by atoms with Crippen LogP contribution in [0.25, 0.3) is 0 Å². The standard InChI is InChI=1S/C19H17NO6/c21-17(20-11-16-7-4-9-23-16)13-26-19(22)18-14(8-10-24-18)12-25-15-5-2-1-3-6-15/h1-10H,11-13H2,(H,20,21). The lowest BCUT2D eigenvalue weighted by Crippen LogP contribution is -2.28. The molecule has 2 heterocycles. The molecule has 0 atom stereocenters. The largest absolute Gasteiger partial charge is 0.489 e. The Morgan fingerprint density at radius 2 is 1.81 bits per heavy atom. The highest BCUT2D eigenvalue weighted by atomic mass is 16.5. The van der Waals surface area contributed by atoms with E-state index in [9.17, 15) is 9.59 Å². The van der Waals surface area contributed by atoms with E-state index in [-0.39, 0.29) is 18.9 Å². The number of para-hydroxylation sites is 1.